The van der Waals surface area contributed by atoms with Crippen LogP contribution in [0.5, 0.6) is 80.5 Å². The highest BCUT2D eigenvalue weighted by molar-refractivity contribution is 7.99. The van der Waals surface area contributed by atoms with Crippen molar-refractivity contribution in [2.45, 2.75) is 358 Å². The van der Waals surface area contributed by atoms with E-state index >= 15 is 9.59 Å². The Hall–Kier alpha value is -9.95. The normalized spacial score (nSPS) is 24.5. The number of aryl methyl sites for hydroxylation is 2. The Morgan fingerprint density at radius 3 is 1.21 bits per heavy atom. The van der Waals surface area contributed by atoms with Crippen LogP contribution in [0.3, 0.4) is 0 Å². The lowest BCUT2D eigenvalue weighted by molar-refractivity contribution is -0.164. The van der Waals surface area contributed by atoms with E-state index in [9.17, 15) is 39.8 Å². The number of phenols is 2. The molecular formula is C111H149N7O23S2. The first kappa shape index (κ1) is 107. The summed E-state index contributed by atoms with van der Waals surface area (Å²) >= 11 is 2.94. The highest BCUT2D eigenvalue weighted by Gasteiger charge is 2.64. The third kappa shape index (κ3) is 21.0. The molecule has 0 aromatic heterocycles. The second-order valence-electron chi connectivity index (χ2n) is 40.1. The lowest BCUT2D eigenvalue weighted by Crippen LogP contribution is -2.69. The number of aliphatic hydroxyl groups excluding tert-OH is 1. The van der Waals surface area contributed by atoms with E-state index in [0.717, 1.165) is 71.9 Å². The molecule has 4 saturated heterocycles. The molecule has 14 aliphatic heterocycles. The lowest BCUT2D eigenvalue weighted by atomic mass is 9.72. The van der Waals surface area contributed by atoms with Crippen molar-refractivity contribution >= 4 is 59.3 Å². The molecule has 6 aromatic rings. The van der Waals surface area contributed by atoms with Crippen molar-refractivity contribution in [2.75, 3.05) is 79.8 Å². The van der Waals surface area contributed by atoms with Crippen molar-refractivity contribution in [3.05, 3.63) is 125 Å². The van der Waals surface area contributed by atoms with Gasteiger partial charge in [-0.2, -0.15) is 5.26 Å². The van der Waals surface area contributed by atoms with Gasteiger partial charge in [0.1, 0.15) is 37.0 Å². The number of aliphatic hydroxyl groups is 1. The van der Waals surface area contributed by atoms with Crippen LogP contribution in [0.2, 0.25) is 0 Å². The quantitative estimate of drug-likeness (QED) is 0.0109. The van der Waals surface area contributed by atoms with Crippen molar-refractivity contribution in [3.63, 3.8) is 0 Å². The minimum atomic E-state index is -1.41. The zero-order valence-electron chi connectivity index (χ0n) is 83.8. The summed E-state index contributed by atoms with van der Waals surface area (Å²) in [6, 6.07) is 8.45. The van der Waals surface area contributed by atoms with E-state index in [-0.39, 0.29) is 82.6 Å². The van der Waals surface area contributed by atoms with Crippen LogP contribution in [0.15, 0.2) is 36.4 Å². The Bertz CT molecular complexity index is 5710. The molecule has 0 amide bonds. The van der Waals surface area contributed by atoms with Gasteiger partial charge >= 0.3 is 35.8 Å². The van der Waals surface area contributed by atoms with Gasteiger partial charge < -0.3 is 92.3 Å². The number of rotatable bonds is 36. The van der Waals surface area contributed by atoms with Crippen LogP contribution in [0, 0.1) is 39.0 Å². The molecular weight excluding hydrogens is 1860 g/mol. The summed E-state index contributed by atoms with van der Waals surface area (Å²) in [5.74, 6) is 1.89. The number of piperazine rings is 2. The number of nitrogens with zero attached hydrogens (tertiary/aromatic N) is 3. The van der Waals surface area contributed by atoms with E-state index < -0.39 is 100 Å². The fraction of sp³-hybridized carbons (Fsp3) is 0.613. The van der Waals surface area contributed by atoms with Gasteiger partial charge in [0.25, 0.3) is 0 Å². The first-order valence-corrected chi connectivity index (χ1v) is 53.6. The number of fused-ring (bicyclic) bond motifs is 18. The molecule has 7 N–H and O–H groups in total. The van der Waals surface area contributed by atoms with Crippen LogP contribution in [0.25, 0.3) is 0 Å². The molecule has 0 aliphatic carbocycles. The van der Waals surface area contributed by atoms with Gasteiger partial charge in [-0.05, 0) is 135 Å². The predicted octanol–water partition coefficient (Wildman–Crippen LogP) is 19.4. The van der Waals surface area contributed by atoms with Gasteiger partial charge in [-0.15, -0.1) is 23.5 Å². The van der Waals surface area contributed by atoms with Crippen molar-refractivity contribution < 1.29 is 110 Å². The van der Waals surface area contributed by atoms with Crippen molar-refractivity contribution in [1.29, 1.82) is 5.26 Å². The van der Waals surface area contributed by atoms with Gasteiger partial charge in [0.2, 0.25) is 13.6 Å². The number of carbonyl (C=O) groups excluding carboxylic acids is 6. The van der Waals surface area contributed by atoms with Crippen LogP contribution in [-0.2, 0) is 75.0 Å². The molecule has 20 rings (SSSR count). The molecule has 2 spiro atoms. The molecule has 6 aromatic carbocycles. The second-order valence-corrected chi connectivity index (χ2v) is 42.3. The number of nitrogens with one attached hydrogen (secondary N) is 4. The van der Waals surface area contributed by atoms with Crippen LogP contribution in [0.4, 0.5) is 0 Å². The van der Waals surface area contributed by atoms with E-state index in [1.165, 1.54) is 194 Å². The van der Waals surface area contributed by atoms with Gasteiger partial charge in [0, 0.05) is 114 Å². The molecule has 0 saturated carbocycles. The summed E-state index contributed by atoms with van der Waals surface area (Å²) in [4.78, 5) is 87.1. The van der Waals surface area contributed by atoms with Gasteiger partial charge in [0.15, 0.2) is 80.1 Å². The largest absolute Gasteiger partial charge is 0.504 e. The average molecular weight is 2010 g/mol. The van der Waals surface area contributed by atoms with Gasteiger partial charge in [0.05, 0.1) is 75.2 Å². The number of carbonyl (C=O) groups is 6. The summed E-state index contributed by atoms with van der Waals surface area (Å²) in [7, 11) is 6.10. The van der Waals surface area contributed by atoms with Crippen molar-refractivity contribution in [1.82, 2.24) is 31.1 Å². The summed E-state index contributed by atoms with van der Waals surface area (Å²) in [6.07, 6.45) is 33.1. The number of benzene rings is 6. The molecule has 143 heavy (non-hydrogen) atoms. The SMILES string of the molecule is C.C.CCCCCCCCCCCCCCCC(=O)Oc1cc2c(cc1OC)[C@@]1(CS[C@@H]3c4c(OC(C)=O)c(C)c5c(c4[C@H](COC1=O)N1C3[C@@H]3N[C@@H](Cc4cc(C)c(OC)c(O)c43)[C@@H]1C#N)OCO5)NCC2.CCCCCCCCCCCCCCCC(=O)Oc1cc2c(cc1OC)[C@@]1(CS[C@@H]3c4c(OC(C)=O)c(C)c5c(c4[C@H](COC1=O)N1C3[C@@H]3N[C@@H](Cc4cc(C)c(OC)c(O)c43)[C@@H]1O)OCO5)NCC2. The van der Waals surface area contributed by atoms with Crippen LogP contribution < -0.4 is 78.1 Å². The average Bonchev–Trinajstić information content (AvgIpc) is 1.60. The van der Waals surface area contributed by atoms with E-state index in [1.54, 1.807) is 12.1 Å². The number of hydrogen-bond acceptors (Lipinski definition) is 32. The van der Waals surface area contributed by atoms with Gasteiger partial charge in [-0.25, -0.2) is 9.59 Å². The second kappa shape index (κ2) is 47.3. The number of ether oxygens (including phenoxy) is 14. The highest BCUT2D eigenvalue weighted by atomic mass is 32.2. The summed E-state index contributed by atoms with van der Waals surface area (Å²) in [6.45, 7) is 14.9. The minimum Gasteiger partial charge on any atom is -0.504 e. The minimum absolute atomic E-state index is 0. The Labute approximate surface area is 850 Å². The molecule has 2 unspecified atom stereocenters. The Morgan fingerprint density at radius 1 is 0.455 bits per heavy atom. The Morgan fingerprint density at radius 2 is 0.825 bits per heavy atom. The Balaban J connectivity index is 0.000000213. The number of unbranched alkanes of at least 4 members (excludes halogenated alkanes) is 24. The number of aromatic hydroxyl groups is 2. The molecule has 30 nitrogen and oxygen atoms in total. The molecule has 8 bridgehead atoms. The smallest absolute Gasteiger partial charge is 0.331 e. The number of thioether (sulfide) groups is 2. The Kier molecular flexibility index (Phi) is 35.5. The third-order valence-corrected chi connectivity index (χ3v) is 34.0. The number of hydrogen-bond donors (Lipinski definition) is 7. The molecule has 14 heterocycles. The maximum atomic E-state index is 15.2. The standard InChI is InChI=1S/C55H70N4O11S.C54H71N3O12S.2CH4/c1-7-8-9-10-11-12-13-14-15-16-17-18-19-20-42(61)70-41-25-34-21-22-57-55(36(34)26-40(41)64-5)29-71-53-45-44(52-51(67-30-68-52)32(3)50(45)69-33(4)60)39(28-66-54(55)63)59-38(27-56)37-24-35-23-31(2)49(65-6)48(62)43(35)46(58-37)47(53)59;1-7-8-9-10-11-12-13-14-15-16-17-18-19-20-40(59)69-39-25-33-21-22-55-54(35(33)26-38(39)63-5)28-70-51-43-42(50-49(66-29-67-50)31(3)48(43)68-32(4)58)37(27-65-53(54)62)57-45(51)44-41-34(24-36(56-44)52(57)61)23-30(2)47(64-6)46(41)60;;/h23,25-26,37-39,46-47,53,57-58,62H,7-22,24,28-30H2,1-6H3;23,25-26,36-37,44-45,51-52,55-56,60-61H,7-22,24,27-29H2,1-6H3;2*1H4/t37-,38-,39-,46+,47?,53+,55+;36-,37-,44+,45?,51+,52-,54+;;/m00../s1. The first-order chi connectivity index (χ1) is 68.4. The predicted molar refractivity (Wildman–Crippen MR) is 545 cm³/mol. The summed E-state index contributed by atoms with van der Waals surface area (Å²) in [5, 5.41) is 61.2. The van der Waals surface area contributed by atoms with E-state index in [1.807, 2.05) is 56.9 Å². The maximum Gasteiger partial charge on any atom is 0.331 e. The van der Waals surface area contributed by atoms with Crippen LogP contribution >= 0.6 is 23.5 Å². The fourth-order valence-electron chi connectivity index (χ4n) is 24.4. The van der Waals surface area contributed by atoms with Crippen molar-refractivity contribution in [3.8, 4) is 86.6 Å². The topological polar surface area (TPSA) is 371 Å². The van der Waals surface area contributed by atoms with Crippen LogP contribution in [-0.4, -0.2) is 177 Å². The number of phenolic OH excluding ortho intramolecular Hbond substituents is 2. The molecule has 14 aliphatic rings. The first-order valence-electron chi connectivity index (χ1n) is 51.5. The lowest BCUT2D eigenvalue weighted by Gasteiger charge is -2.59. The molecule has 0 radical (unpaired) electrons. The zero-order chi connectivity index (χ0) is 99.2. The van der Waals surface area contributed by atoms with Crippen LogP contribution in [0.1, 0.15) is 346 Å². The zero-order valence-corrected chi connectivity index (χ0v) is 85.5. The molecule has 778 valence electrons. The number of methoxy groups -OCH3 is 4. The molecule has 14 atom stereocenters. The summed E-state index contributed by atoms with van der Waals surface area (Å²) in [5.41, 5.74) is 8.52. The van der Waals surface area contributed by atoms with Gasteiger partial charge in [-0.3, -0.25) is 39.6 Å². The third-order valence-electron chi connectivity index (χ3n) is 31.1. The fourth-order valence-corrected chi connectivity index (χ4v) is 27.8. The van der Waals surface area contributed by atoms with E-state index in [4.69, 9.17) is 66.3 Å². The van der Waals surface area contributed by atoms with Crippen molar-refractivity contribution in [2.24, 2.45) is 0 Å². The monoisotopic (exact) mass is 2010 g/mol. The maximum absolute atomic E-state index is 15.2. The van der Waals surface area contributed by atoms with E-state index in [2.05, 4.69) is 46.1 Å². The summed E-state index contributed by atoms with van der Waals surface area (Å²) < 4.78 is 85.4. The number of esters is 6. The number of nitriles is 1. The van der Waals surface area contributed by atoms with Gasteiger partial charge in [-0.1, -0.05) is 195 Å². The van der Waals surface area contributed by atoms with E-state index in [0.29, 0.717) is 176 Å². The molecule has 32 heteroatoms. The molecule has 4 fully saturated rings. The highest BCUT2D eigenvalue weighted by Crippen LogP contribution is 2.67.